The maximum absolute atomic E-state index is 13.2. The lowest BCUT2D eigenvalue weighted by Gasteiger charge is -2.42. The predicted molar refractivity (Wildman–Crippen MR) is 98.6 cm³/mol. The average Bonchev–Trinajstić information content (AvgIpc) is 3.06. The first-order chi connectivity index (χ1) is 12.2. The van der Waals surface area contributed by atoms with Gasteiger partial charge in [-0.25, -0.2) is 4.90 Å². The van der Waals surface area contributed by atoms with Gasteiger partial charge in [0.25, 0.3) is 0 Å². The number of amides is 2. The van der Waals surface area contributed by atoms with Crippen LogP contribution in [0.1, 0.15) is 0 Å². The van der Waals surface area contributed by atoms with Gasteiger partial charge >= 0.3 is 0 Å². The van der Waals surface area contributed by atoms with Gasteiger partial charge in [0, 0.05) is 14.2 Å². The smallest absolute Gasteiger partial charge is 0.240 e. The monoisotopic (exact) mass is 435 g/mol. The summed E-state index contributed by atoms with van der Waals surface area (Å²) in [5, 5.41) is -0.0892. The summed E-state index contributed by atoms with van der Waals surface area (Å²) in [4.78, 5) is 24.1. The number of imide groups is 1. The van der Waals surface area contributed by atoms with Crippen LogP contribution in [-0.4, -0.2) is 41.6 Å². The molecule has 0 unspecified atom stereocenters. The van der Waals surface area contributed by atoms with Crippen LogP contribution in [0.2, 0.25) is 0 Å². The summed E-state index contributed by atoms with van der Waals surface area (Å²) in [5.41, 5.74) is 0.421. The van der Waals surface area contributed by atoms with Crippen LogP contribution in [0.5, 0.6) is 0 Å². The van der Waals surface area contributed by atoms with Crippen molar-refractivity contribution in [3.63, 3.8) is 0 Å². The number of methoxy groups -OCH3 is 2. The van der Waals surface area contributed by atoms with Crippen molar-refractivity contribution in [2.45, 2.75) is 15.5 Å². The molecule has 2 fully saturated rings. The SMILES string of the molecule is COC1(OC)[C@@]2(Cl)C(Cl)=C(Cl)[C@]1(Cl)[C@@H]1C(=O)N(c3ccccc3)C(=O)[C@@H]12. The molecule has 5 nitrogen and oxygen atoms in total. The zero-order chi connectivity index (χ0) is 19.1. The Balaban J connectivity index is 1.95. The number of benzene rings is 1. The van der Waals surface area contributed by atoms with E-state index < -0.39 is 39.2 Å². The highest BCUT2D eigenvalue weighted by Gasteiger charge is 2.89. The number of carbonyl (C=O) groups excluding carboxylic acids is 2. The summed E-state index contributed by atoms with van der Waals surface area (Å²) in [6.45, 7) is 0. The maximum Gasteiger partial charge on any atom is 0.240 e. The number of carbonyl (C=O) groups is 2. The Morgan fingerprint density at radius 1 is 0.885 bits per heavy atom. The molecule has 26 heavy (non-hydrogen) atoms. The molecule has 2 aliphatic carbocycles. The van der Waals surface area contributed by atoms with E-state index >= 15 is 0 Å². The Morgan fingerprint density at radius 3 is 1.69 bits per heavy atom. The van der Waals surface area contributed by atoms with Gasteiger partial charge in [-0.2, -0.15) is 0 Å². The van der Waals surface area contributed by atoms with Gasteiger partial charge in [-0.15, -0.1) is 23.2 Å². The summed E-state index contributed by atoms with van der Waals surface area (Å²) >= 11 is 26.5. The predicted octanol–water partition coefficient (Wildman–Crippen LogP) is 3.45. The number of alkyl halides is 2. The van der Waals surface area contributed by atoms with Crippen molar-refractivity contribution >= 4 is 63.9 Å². The van der Waals surface area contributed by atoms with Crippen LogP contribution in [0.4, 0.5) is 5.69 Å². The second-order valence-electron chi connectivity index (χ2n) is 6.38. The first-order valence-electron chi connectivity index (χ1n) is 7.71. The van der Waals surface area contributed by atoms with E-state index in [4.69, 9.17) is 55.9 Å². The van der Waals surface area contributed by atoms with Crippen molar-refractivity contribution in [3.8, 4) is 0 Å². The van der Waals surface area contributed by atoms with Crippen molar-refractivity contribution in [2.75, 3.05) is 19.1 Å². The number of nitrogens with zero attached hydrogens (tertiary/aromatic N) is 1. The molecule has 4 rings (SSSR count). The minimum atomic E-state index is -1.76. The Morgan fingerprint density at radius 2 is 1.31 bits per heavy atom. The quantitative estimate of drug-likeness (QED) is 0.413. The van der Waals surface area contributed by atoms with Gasteiger partial charge in [-0.1, -0.05) is 41.4 Å². The highest BCUT2D eigenvalue weighted by Crippen LogP contribution is 2.75. The molecule has 2 amide bonds. The number of halogens is 4. The highest BCUT2D eigenvalue weighted by molar-refractivity contribution is 6.54. The molecule has 138 valence electrons. The molecule has 1 aliphatic heterocycles. The second kappa shape index (κ2) is 5.60. The van der Waals surface area contributed by atoms with E-state index in [1.165, 1.54) is 14.2 Å². The van der Waals surface area contributed by atoms with E-state index in [0.717, 1.165) is 4.90 Å². The van der Waals surface area contributed by atoms with E-state index in [1.54, 1.807) is 30.3 Å². The molecule has 0 spiro atoms. The molecule has 1 saturated carbocycles. The van der Waals surface area contributed by atoms with Gasteiger partial charge in [-0.3, -0.25) is 9.59 Å². The normalized spacial score (nSPS) is 37.7. The Kier molecular flexibility index (Phi) is 3.99. The third-order valence-corrected chi connectivity index (χ3v) is 8.15. The summed E-state index contributed by atoms with van der Waals surface area (Å²) < 4.78 is 11.1. The minimum Gasteiger partial charge on any atom is -0.350 e. The van der Waals surface area contributed by atoms with Gasteiger partial charge in [0.2, 0.25) is 17.6 Å². The van der Waals surface area contributed by atoms with Crippen LogP contribution in [0.3, 0.4) is 0 Å². The molecule has 0 N–H and O–H groups in total. The molecule has 1 saturated heterocycles. The van der Waals surface area contributed by atoms with Crippen LogP contribution >= 0.6 is 46.4 Å². The maximum atomic E-state index is 13.2. The van der Waals surface area contributed by atoms with Crippen molar-refractivity contribution < 1.29 is 19.1 Å². The zero-order valence-electron chi connectivity index (χ0n) is 13.6. The molecule has 9 heteroatoms. The Labute approximate surface area is 169 Å². The number of ether oxygens (including phenoxy) is 2. The molecule has 1 aromatic carbocycles. The first kappa shape index (κ1) is 18.5. The Bertz CT molecular complexity index is 810. The van der Waals surface area contributed by atoms with Crippen molar-refractivity contribution in [2.24, 2.45) is 11.8 Å². The average molecular weight is 437 g/mol. The van der Waals surface area contributed by atoms with E-state index in [9.17, 15) is 9.59 Å². The van der Waals surface area contributed by atoms with E-state index in [-0.39, 0.29) is 10.1 Å². The van der Waals surface area contributed by atoms with Crippen molar-refractivity contribution in [1.29, 1.82) is 0 Å². The second-order valence-corrected chi connectivity index (χ2v) is 8.33. The minimum absolute atomic E-state index is 0.0446. The highest BCUT2D eigenvalue weighted by atomic mass is 35.5. The Hall–Kier alpha value is -0.820. The molecule has 1 heterocycles. The van der Waals surface area contributed by atoms with Gasteiger partial charge in [0.1, 0.15) is 9.75 Å². The molecule has 0 radical (unpaired) electrons. The fraction of sp³-hybridized carbons (Fsp3) is 0.412. The summed E-state index contributed by atoms with van der Waals surface area (Å²) in [7, 11) is 2.64. The molecule has 4 atom stereocenters. The summed E-state index contributed by atoms with van der Waals surface area (Å²) in [5.74, 6) is -4.97. The first-order valence-corrected chi connectivity index (χ1v) is 9.22. The topological polar surface area (TPSA) is 55.8 Å². The zero-order valence-corrected chi connectivity index (χ0v) is 16.7. The number of rotatable bonds is 3. The van der Waals surface area contributed by atoms with Crippen LogP contribution in [0, 0.1) is 11.8 Å². The van der Waals surface area contributed by atoms with Crippen molar-refractivity contribution in [3.05, 3.63) is 40.4 Å². The number of fused-ring (bicyclic) bond motifs is 5. The third-order valence-electron chi connectivity index (χ3n) is 5.54. The van der Waals surface area contributed by atoms with Gasteiger partial charge < -0.3 is 9.47 Å². The number of anilines is 1. The largest absolute Gasteiger partial charge is 0.350 e. The van der Waals surface area contributed by atoms with E-state index in [1.807, 2.05) is 0 Å². The number of para-hydroxylation sites is 1. The third kappa shape index (κ3) is 1.65. The van der Waals surface area contributed by atoms with Crippen LogP contribution in [0.25, 0.3) is 0 Å². The van der Waals surface area contributed by atoms with Crippen LogP contribution < -0.4 is 4.90 Å². The lowest BCUT2D eigenvalue weighted by Crippen LogP contribution is -2.60. The lowest BCUT2D eigenvalue weighted by molar-refractivity contribution is -0.221. The van der Waals surface area contributed by atoms with Gasteiger partial charge in [0.05, 0.1) is 27.6 Å². The summed E-state index contributed by atoms with van der Waals surface area (Å²) in [6, 6.07) is 8.52. The number of hydrogen-bond donors (Lipinski definition) is 0. The van der Waals surface area contributed by atoms with Crippen LogP contribution in [0.15, 0.2) is 40.4 Å². The molecule has 2 bridgehead atoms. The molecule has 0 aromatic heterocycles. The molecule has 1 aromatic rings. The number of hydrogen-bond acceptors (Lipinski definition) is 4. The molecular formula is C17H13Cl4NO4. The lowest BCUT2D eigenvalue weighted by atomic mass is 9.84. The van der Waals surface area contributed by atoms with Crippen LogP contribution in [-0.2, 0) is 19.1 Å². The standard InChI is InChI=1S/C17H13Cl4NO4/c1-25-17(26-2)15(20)9-10(16(17,21)12(19)11(15)18)14(24)22(13(9)23)8-6-4-3-5-7-8/h3-7,9-10H,1-2H3/t9-,10+,15+,16-. The van der Waals surface area contributed by atoms with Gasteiger partial charge in [0.15, 0.2) is 0 Å². The fourth-order valence-corrected chi connectivity index (χ4v) is 6.70. The van der Waals surface area contributed by atoms with E-state index in [0.29, 0.717) is 5.69 Å². The molecular weight excluding hydrogens is 424 g/mol. The van der Waals surface area contributed by atoms with E-state index in [2.05, 4.69) is 0 Å². The van der Waals surface area contributed by atoms with Crippen molar-refractivity contribution in [1.82, 2.24) is 0 Å². The summed E-state index contributed by atoms with van der Waals surface area (Å²) in [6.07, 6.45) is 0. The molecule has 3 aliphatic rings. The van der Waals surface area contributed by atoms with Gasteiger partial charge in [-0.05, 0) is 12.1 Å². The fourth-order valence-electron chi connectivity index (χ4n) is 4.54.